The fraction of sp³-hybridized carbons (Fsp3) is 0.0769. The maximum Gasteiger partial charge on any atom is 0.210 e. The maximum atomic E-state index is 5.97. The van der Waals surface area contributed by atoms with Crippen LogP contribution >= 0.6 is 11.6 Å². The standard InChI is InChI=1S/C13H9ClN/c14-12-5-4-10-8-13-3-1-2-6-15(13)9-11(10)7-12/h1-2,4-8H,9H2/q+1. The molecule has 0 atom stereocenters. The molecular weight excluding hydrogens is 206 g/mol. The Hall–Kier alpha value is -1.56. The lowest BCUT2D eigenvalue weighted by Gasteiger charge is -2.22. The van der Waals surface area contributed by atoms with Crippen molar-refractivity contribution in [3.05, 3.63) is 64.5 Å². The van der Waals surface area contributed by atoms with Crippen molar-refractivity contribution < 1.29 is 0 Å². The monoisotopic (exact) mass is 214 g/mol. The van der Waals surface area contributed by atoms with Crippen LogP contribution in [0.3, 0.4) is 0 Å². The van der Waals surface area contributed by atoms with Gasteiger partial charge < -0.3 is 4.90 Å². The zero-order chi connectivity index (χ0) is 10.3. The van der Waals surface area contributed by atoms with Crippen LogP contribution in [0.2, 0.25) is 5.02 Å². The van der Waals surface area contributed by atoms with E-state index in [-0.39, 0.29) is 0 Å². The quantitative estimate of drug-likeness (QED) is 0.599. The second-order valence-electron chi connectivity index (χ2n) is 3.65. The first kappa shape index (κ1) is 8.72. The third kappa shape index (κ3) is 1.46. The number of hydrogen-bond donors (Lipinski definition) is 0. The van der Waals surface area contributed by atoms with Crippen LogP contribution in [0.25, 0.3) is 6.08 Å². The molecule has 15 heavy (non-hydrogen) atoms. The Morgan fingerprint density at radius 3 is 3.20 bits per heavy atom. The lowest BCUT2D eigenvalue weighted by Crippen LogP contribution is -2.20. The minimum absolute atomic E-state index is 0.797. The molecule has 1 nitrogen and oxygen atoms in total. The van der Waals surface area contributed by atoms with Gasteiger partial charge in [0.25, 0.3) is 0 Å². The fourth-order valence-corrected chi connectivity index (χ4v) is 2.08. The molecule has 2 heteroatoms. The van der Waals surface area contributed by atoms with Gasteiger partial charge in [-0.25, -0.2) is 0 Å². The van der Waals surface area contributed by atoms with Crippen molar-refractivity contribution in [1.29, 1.82) is 0 Å². The average Bonchev–Trinajstić information content (AvgIpc) is 2.26. The predicted octanol–water partition coefficient (Wildman–Crippen LogP) is 3.38. The van der Waals surface area contributed by atoms with E-state index in [9.17, 15) is 0 Å². The summed E-state index contributed by atoms with van der Waals surface area (Å²) in [6.45, 7) is 0.874. The largest absolute Gasteiger partial charge is 0.303 e. The first-order valence-corrected chi connectivity index (χ1v) is 5.24. The number of halogens is 1. The van der Waals surface area contributed by atoms with Crippen molar-refractivity contribution >= 4 is 17.7 Å². The molecule has 0 saturated heterocycles. The van der Waals surface area contributed by atoms with Gasteiger partial charge in [0.15, 0.2) is 0 Å². The summed E-state index contributed by atoms with van der Waals surface area (Å²) in [6, 6.07) is 6.01. The molecule has 0 amide bonds. The molecule has 0 unspecified atom stereocenters. The highest BCUT2D eigenvalue weighted by molar-refractivity contribution is 6.30. The van der Waals surface area contributed by atoms with Gasteiger partial charge in [-0.05, 0) is 23.8 Å². The van der Waals surface area contributed by atoms with Crippen LogP contribution in [-0.2, 0) is 6.54 Å². The topological polar surface area (TPSA) is 3.24 Å². The van der Waals surface area contributed by atoms with Crippen molar-refractivity contribution in [3.8, 4) is 0 Å². The molecule has 0 aliphatic carbocycles. The van der Waals surface area contributed by atoms with E-state index >= 15 is 0 Å². The van der Waals surface area contributed by atoms with E-state index in [0.717, 1.165) is 17.3 Å². The summed E-state index contributed by atoms with van der Waals surface area (Å²) in [7, 11) is 0. The van der Waals surface area contributed by atoms with E-state index in [1.165, 1.54) is 11.1 Å². The molecule has 2 aliphatic rings. The molecule has 72 valence electrons. The Bertz CT molecular complexity index is 497. The summed E-state index contributed by atoms with van der Waals surface area (Å²) in [5.41, 5.74) is 3.62. The van der Waals surface area contributed by atoms with Gasteiger partial charge in [0.05, 0.1) is 31.0 Å². The average molecular weight is 215 g/mol. The smallest absolute Gasteiger partial charge is 0.210 e. The van der Waals surface area contributed by atoms with Gasteiger partial charge in [-0.15, -0.1) is 0 Å². The number of hydrogen-bond acceptors (Lipinski definition) is 1. The summed E-state index contributed by atoms with van der Waals surface area (Å²) in [5, 5.41) is 0.797. The van der Waals surface area contributed by atoms with Crippen LogP contribution in [0.5, 0.6) is 0 Å². The molecule has 3 rings (SSSR count). The highest BCUT2D eigenvalue weighted by atomic mass is 35.5. The van der Waals surface area contributed by atoms with Crippen LogP contribution < -0.4 is 0 Å². The van der Waals surface area contributed by atoms with Crippen LogP contribution in [-0.4, -0.2) is 4.90 Å². The SMILES string of the molecule is Clc1ccc2c(c1)CN1C=CC=[C+]C1=C2. The summed E-state index contributed by atoms with van der Waals surface area (Å²) in [5.74, 6) is 0. The highest BCUT2D eigenvalue weighted by Gasteiger charge is 2.22. The summed E-state index contributed by atoms with van der Waals surface area (Å²) < 4.78 is 0. The molecule has 2 heterocycles. The Morgan fingerprint density at radius 2 is 2.27 bits per heavy atom. The number of rotatable bonds is 0. The highest BCUT2D eigenvalue weighted by Crippen LogP contribution is 2.28. The molecule has 1 aromatic rings. The first-order valence-electron chi connectivity index (χ1n) is 4.86. The minimum Gasteiger partial charge on any atom is -0.303 e. The second kappa shape index (κ2) is 3.23. The number of nitrogens with zero attached hydrogens (tertiary/aromatic N) is 1. The van der Waals surface area contributed by atoms with Crippen molar-refractivity contribution in [2.24, 2.45) is 0 Å². The minimum atomic E-state index is 0.797. The normalized spacial score (nSPS) is 16.6. The molecule has 0 spiro atoms. The number of benzene rings is 1. The van der Waals surface area contributed by atoms with Gasteiger partial charge >= 0.3 is 0 Å². The van der Waals surface area contributed by atoms with E-state index in [0.29, 0.717) is 0 Å². The molecule has 0 bridgehead atoms. The summed E-state index contributed by atoms with van der Waals surface area (Å²) in [4.78, 5) is 2.17. The molecule has 0 radical (unpaired) electrons. The van der Waals surface area contributed by atoms with E-state index in [2.05, 4.69) is 29.3 Å². The van der Waals surface area contributed by atoms with Gasteiger partial charge in [0.1, 0.15) is 6.08 Å². The van der Waals surface area contributed by atoms with Gasteiger partial charge in [-0.3, -0.25) is 0 Å². The lowest BCUT2D eigenvalue weighted by atomic mass is 10.0. The summed E-state index contributed by atoms with van der Waals surface area (Å²) in [6.07, 6.45) is 11.3. The van der Waals surface area contributed by atoms with Crippen LogP contribution in [0.4, 0.5) is 0 Å². The third-order valence-corrected chi connectivity index (χ3v) is 2.88. The van der Waals surface area contributed by atoms with E-state index in [4.69, 9.17) is 11.6 Å². The third-order valence-electron chi connectivity index (χ3n) is 2.64. The lowest BCUT2D eigenvalue weighted by molar-refractivity contribution is 0.463. The zero-order valence-electron chi connectivity index (χ0n) is 8.07. The van der Waals surface area contributed by atoms with E-state index in [1.54, 1.807) is 0 Å². The van der Waals surface area contributed by atoms with Gasteiger partial charge in [0.2, 0.25) is 5.70 Å². The van der Waals surface area contributed by atoms with Crippen molar-refractivity contribution in [1.82, 2.24) is 4.90 Å². The van der Waals surface area contributed by atoms with Gasteiger partial charge in [-0.2, -0.15) is 0 Å². The molecule has 2 aliphatic heterocycles. The first-order chi connectivity index (χ1) is 7.33. The van der Waals surface area contributed by atoms with Crippen LogP contribution in [0, 0.1) is 6.08 Å². The Labute approximate surface area is 94.0 Å². The fourth-order valence-electron chi connectivity index (χ4n) is 1.89. The van der Waals surface area contributed by atoms with Gasteiger partial charge in [-0.1, -0.05) is 11.6 Å². The molecular formula is C13H9ClN+. The van der Waals surface area contributed by atoms with Crippen molar-refractivity contribution in [2.75, 3.05) is 0 Å². The van der Waals surface area contributed by atoms with E-state index in [1.807, 2.05) is 24.3 Å². The Morgan fingerprint density at radius 1 is 1.33 bits per heavy atom. The second-order valence-corrected chi connectivity index (χ2v) is 4.09. The zero-order valence-corrected chi connectivity index (χ0v) is 8.83. The number of fused-ring (bicyclic) bond motifs is 2. The molecule has 0 fully saturated rings. The van der Waals surface area contributed by atoms with Crippen LogP contribution in [0.15, 0.2) is 42.2 Å². The van der Waals surface area contributed by atoms with Gasteiger partial charge in [0, 0.05) is 10.6 Å². The molecule has 0 aromatic heterocycles. The molecule has 0 N–H and O–H groups in total. The van der Waals surface area contributed by atoms with E-state index < -0.39 is 0 Å². The van der Waals surface area contributed by atoms with Crippen molar-refractivity contribution in [3.63, 3.8) is 0 Å². The summed E-state index contributed by atoms with van der Waals surface area (Å²) >= 11 is 5.97. The number of allylic oxidation sites excluding steroid dienone is 3. The van der Waals surface area contributed by atoms with Crippen LogP contribution in [0.1, 0.15) is 11.1 Å². The molecule has 1 aromatic carbocycles. The van der Waals surface area contributed by atoms with Crippen molar-refractivity contribution in [2.45, 2.75) is 6.54 Å². The predicted molar refractivity (Wildman–Crippen MR) is 61.9 cm³/mol. The maximum absolute atomic E-state index is 5.97. The Kier molecular flexibility index (Phi) is 1.88. The molecule has 0 saturated carbocycles. The Balaban J connectivity index is 2.12.